The Hall–Kier alpha value is -1.92. The first-order valence-electron chi connectivity index (χ1n) is 37.8. The zero-order valence-corrected chi connectivity index (χ0v) is 56.2. The van der Waals surface area contributed by atoms with Crippen LogP contribution < -0.4 is 5.32 Å². The lowest BCUT2D eigenvalue weighted by Crippen LogP contribution is -2.45. The molecule has 0 rings (SSSR count). The van der Waals surface area contributed by atoms with E-state index in [1.165, 1.54) is 347 Å². The first kappa shape index (κ1) is 81.1. The largest absolute Gasteiger partial charge is 0.466 e. The zero-order chi connectivity index (χ0) is 59.9. The lowest BCUT2D eigenvalue weighted by molar-refractivity contribution is -0.143. The number of aliphatic hydroxyl groups excluding tert-OH is 2. The lowest BCUT2D eigenvalue weighted by Gasteiger charge is -2.20. The molecule has 83 heavy (non-hydrogen) atoms. The summed E-state index contributed by atoms with van der Waals surface area (Å²) in [6, 6.07) is -0.634. The molecule has 0 aromatic carbocycles. The van der Waals surface area contributed by atoms with Crippen molar-refractivity contribution in [2.24, 2.45) is 0 Å². The molecule has 2 unspecified atom stereocenters. The van der Waals surface area contributed by atoms with Gasteiger partial charge in [-0.1, -0.05) is 378 Å². The second-order valence-electron chi connectivity index (χ2n) is 26.0. The summed E-state index contributed by atoms with van der Waals surface area (Å²) < 4.78 is 5.50. The van der Waals surface area contributed by atoms with Gasteiger partial charge in [-0.2, -0.15) is 0 Å². The number of rotatable bonds is 71. The van der Waals surface area contributed by atoms with Crippen LogP contribution in [0.3, 0.4) is 0 Å². The summed E-state index contributed by atoms with van der Waals surface area (Å²) in [5, 5.41) is 23.3. The van der Waals surface area contributed by atoms with E-state index in [0.717, 1.165) is 44.9 Å². The molecule has 490 valence electrons. The van der Waals surface area contributed by atoms with Crippen molar-refractivity contribution in [3.63, 3.8) is 0 Å². The van der Waals surface area contributed by atoms with Crippen molar-refractivity contribution in [1.29, 1.82) is 0 Å². The van der Waals surface area contributed by atoms with Crippen molar-refractivity contribution < 1.29 is 24.5 Å². The van der Waals surface area contributed by atoms with Crippen LogP contribution in [-0.4, -0.2) is 47.4 Å². The molecule has 2 atom stereocenters. The van der Waals surface area contributed by atoms with Crippen molar-refractivity contribution in [2.75, 3.05) is 13.2 Å². The molecule has 0 bridgehead atoms. The molecule has 0 aromatic rings. The lowest BCUT2D eigenvalue weighted by atomic mass is 10.0. The molecule has 0 saturated carbocycles. The molecule has 0 spiro atoms. The zero-order valence-electron chi connectivity index (χ0n) is 56.2. The highest BCUT2D eigenvalue weighted by molar-refractivity contribution is 5.76. The number of unbranched alkanes of at least 4 members (excludes halogenated alkanes) is 56. The van der Waals surface area contributed by atoms with Gasteiger partial charge >= 0.3 is 5.97 Å². The summed E-state index contributed by atoms with van der Waals surface area (Å²) in [4.78, 5) is 24.6. The van der Waals surface area contributed by atoms with Crippen LogP contribution in [0.15, 0.2) is 36.5 Å². The van der Waals surface area contributed by atoms with Gasteiger partial charge in [0.1, 0.15) is 0 Å². The number of hydrogen-bond acceptors (Lipinski definition) is 5. The molecule has 1 amide bonds. The standard InChI is InChI=1S/C77H147NO5/c1-3-5-7-9-11-13-15-17-19-21-22-23-24-28-31-34-38-41-45-49-53-57-61-65-69-75(80)74(73-79)78-76(81)70-66-62-58-54-50-46-42-39-35-32-29-26-25-27-30-33-36-40-44-48-52-56-60-64-68-72-83-77(82)71-67-63-59-55-51-47-43-37-20-18-16-14-12-10-8-6-4-2/h26-27,29-30,65,69,74-75,79-80H,3-25,28,31-64,66-68,70-73H2,1-2H3,(H,78,81)/b29-26-,30-27-,69-65+. The van der Waals surface area contributed by atoms with Gasteiger partial charge in [-0.3, -0.25) is 9.59 Å². The molecular formula is C77H147NO5. The monoisotopic (exact) mass is 1170 g/mol. The third-order valence-corrected chi connectivity index (χ3v) is 17.7. The van der Waals surface area contributed by atoms with Crippen LogP contribution in [0.4, 0.5) is 0 Å². The van der Waals surface area contributed by atoms with E-state index in [1.54, 1.807) is 6.08 Å². The Bertz CT molecular complexity index is 1340. The van der Waals surface area contributed by atoms with E-state index >= 15 is 0 Å². The van der Waals surface area contributed by atoms with E-state index in [9.17, 15) is 19.8 Å². The van der Waals surface area contributed by atoms with Gasteiger partial charge in [-0.05, 0) is 64.2 Å². The van der Waals surface area contributed by atoms with Crippen LogP contribution in [0.25, 0.3) is 0 Å². The van der Waals surface area contributed by atoms with Gasteiger partial charge in [-0.25, -0.2) is 0 Å². The number of carbonyl (C=O) groups excluding carboxylic acids is 2. The number of aliphatic hydroxyl groups is 2. The summed E-state index contributed by atoms with van der Waals surface area (Å²) >= 11 is 0. The van der Waals surface area contributed by atoms with E-state index in [4.69, 9.17) is 4.74 Å². The van der Waals surface area contributed by atoms with Crippen LogP contribution in [-0.2, 0) is 14.3 Å². The first-order valence-corrected chi connectivity index (χ1v) is 37.8. The summed E-state index contributed by atoms with van der Waals surface area (Å²) in [6.45, 7) is 4.94. The summed E-state index contributed by atoms with van der Waals surface area (Å²) in [5.41, 5.74) is 0. The molecule has 6 heteroatoms. The molecule has 0 heterocycles. The third kappa shape index (κ3) is 69.1. The molecule has 0 aliphatic carbocycles. The van der Waals surface area contributed by atoms with Crippen LogP contribution in [0.2, 0.25) is 0 Å². The fraction of sp³-hybridized carbons (Fsp3) is 0.896. The van der Waals surface area contributed by atoms with Crippen molar-refractivity contribution in [3.05, 3.63) is 36.5 Å². The molecule has 0 aliphatic heterocycles. The van der Waals surface area contributed by atoms with Gasteiger partial charge in [0.25, 0.3) is 0 Å². The minimum atomic E-state index is -0.851. The van der Waals surface area contributed by atoms with Crippen molar-refractivity contribution in [3.8, 4) is 0 Å². The van der Waals surface area contributed by atoms with Crippen LogP contribution in [0.1, 0.15) is 418 Å². The molecule has 3 N–H and O–H groups in total. The Balaban J connectivity index is 3.44. The normalized spacial score (nSPS) is 12.7. The number of hydrogen-bond donors (Lipinski definition) is 3. The molecular weight excluding hydrogens is 1020 g/mol. The Morgan fingerprint density at radius 1 is 0.337 bits per heavy atom. The summed E-state index contributed by atoms with van der Waals surface area (Å²) in [6.07, 6.45) is 93.8. The highest BCUT2D eigenvalue weighted by Gasteiger charge is 2.18. The quantitative estimate of drug-likeness (QED) is 0.0320. The Kier molecular flexibility index (Phi) is 70.9. The molecule has 6 nitrogen and oxygen atoms in total. The first-order chi connectivity index (χ1) is 41.0. The second kappa shape index (κ2) is 72.6. The van der Waals surface area contributed by atoms with Gasteiger partial charge in [0.15, 0.2) is 0 Å². The SMILES string of the molecule is CCCCCCCCCCCCCCCCCCCCCCCC/C=C/C(O)C(CO)NC(=O)CCCCCCCCCCC/C=C\C/C=C\CCCCCCCCCCCOC(=O)CCCCCCCCCCCCCCCCCCC. The average molecular weight is 1170 g/mol. The van der Waals surface area contributed by atoms with Crippen LogP contribution in [0, 0.1) is 0 Å². The summed E-state index contributed by atoms with van der Waals surface area (Å²) in [5.74, 6) is -0.0565. The predicted molar refractivity (Wildman–Crippen MR) is 366 cm³/mol. The van der Waals surface area contributed by atoms with Crippen LogP contribution in [0.5, 0.6) is 0 Å². The van der Waals surface area contributed by atoms with E-state index in [-0.39, 0.29) is 18.5 Å². The molecule has 0 saturated heterocycles. The minimum absolute atomic E-state index is 0.0133. The molecule has 0 aliphatic rings. The maximum absolute atomic E-state index is 12.5. The predicted octanol–water partition coefficient (Wildman–Crippen LogP) is 24.7. The second-order valence-corrected chi connectivity index (χ2v) is 26.0. The highest BCUT2D eigenvalue weighted by Crippen LogP contribution is 2.19. The fourth-order valence-corrected chi connectivity index (χ4v) is 11.9. The van der Waals surface area contributed by atoms with E-state index in [1.807, 2.05) is 6.08 Å². The number of esters is 1. The number of ether oxygens (including phenoxy) is 1. The Labute approximate surface area is 519 Å². The van der Waals surface area contributed by atoms with Gasteiger partial charge in [0.05, 0.1) is 25.4 Å². The smallest absolute Gasteiger partial charge is 0.305 e. The third-order valence-electron chi connectivity index (χ3n) is 17.7. The van der Waals surface area contributed by atoms with Crippen molar-refractivity contribution in [2.45, 2.75) is 431 Å². The van der Waals surface area contributed by atoms with Crippen molar-refractivity contribution in [1.82, 2.24) is 5.32 Å². The van der Waals surface area contributed by atoms with Crippen molar-refractivity contribution >= 4 is 11.9 Å². The maximum atomic E-state index is 12.5. The number of amides is 1. The van der Waals surface area contributed by atoms with Gasteiger partial charge in [0, 0.05) is 12.8 Å². The Morgan fingerprint density at radius 2 is 0.602 bits per heavy atom. The number of allylic oxidation sites excluding steroid dienone is 5. The van der Waals surface area contributed by atoms with Gasteiger partial charge in [0.2, 0.25) is 5.91 Å². The molecule has 0 fully saturated rings. The van der Waals surface area contributed by atoms with E-state index in [0.29, 0.717) is 19.4 Å². The Morgan fingerprint density at radius 3 is 0.916 bits per heavy atom. The van der Waals surface area contributed by atoms with Gasteiger partial charge < -0.3 is 20.3 Å². The summed E-state index contributed by atoms with van der Waals surface area (Å²) in [7, 11) is 0. The topological polar surface area (TPSA) is 95.9 Å². The van der Waals surface area contributed by atoms with E-state index in [2.05, 4.69) is 43.5 Å². The van der Waals surface area contributed by atoms with Gasteiger partial charge in [-0.15, -0.1) is 0 Å². The number of nitrogens with one attached hydrogen (secondary N) is 1. The van der Waals surface area contributed by atoms with E-state index < -0.39 is 12.1 Å². The molecule has 0 aromatic heterocycles. The van der Waals surface area contributed by atoms with Crippen LogP contribution >= 0.6 is 0 Å². The highest BCUT2D eigenvalue weighted by atomic mass is 16.5. The fourth-order valence-electron chi connectivity index (χ4n) is 11.9. The minimum Gasteiger partial charge on any atom is -0.466 e. The molecule has 0 radical (unpaired) electrons. The maximum Gasteiger partial charge on any atom is 0.305 e. The number of carbonyl (C=O) groups is 2. The average Bonchev–Trinajstić information content (AvgIpc) is 3.49.